The van der Waals surface area contributed by atoms with E-state index in [1.54, 1.807) is 19.1 Å². The Labute approximate surface area is 87.3 Å². The topological polar surface area (TPSA) is 23.1 Å². The van der Waals surface area contributed by atoms with Gasteiger partial charge in [-0.05, 0) is 18.6 Å². The maximum absolute atomic E-state index is 10.8. The molecule has 0 aromatic heterocycles. The summed E-state index contributed by atoms with van der Waals surface area (Å²) < 4.78 is 0. The molecule has 3 heteroatoms. The van der Waals surface area contributed by atoms with Gasteiger partial charge in [-0.2, -0.15) is 0 Å². The van der Waals surface area contributed by atoms with Crippen LogP contribution in [0.15, 0.2) is 18.2 Å². The Morgan fingerprint density at radius 1 is 1.40 bits per heavy atom. The van der Waals surface area contributed by atoms with Crippen LogP contribution in [0.5, 0.6) is 5.75 Å². The van der Waals surface area contributed by atoms with Gasteiger partial charge in [-0.3, -0.25) is 0 Å². The van der Waals surface area contributed by atoms with Gasteiger partial charge in [0, 0.05) is 5.02 Å². The first-order valence-electron chi connectivity index (χ1n) is 2.64. The number of halogens is 1. The molecule has 0 heterocycles. The summed E-state index contributed by atoms with van der Waals surface area (Å²) in [6.45, 7) is 1.71. The van der Waals surface area contributed by atoms with Gasteiger partial charge in [0.15, 0.2) is 0 Å². The average molecular weight is 165 g/mol. The molecule has 0 aliphatic rings. The predicted octanol–water partition coefficient (Wildman–Crippen LogP) is -1.27. The van der Waals surface area contributed by atoms with Gasteiger partial charge in [-0.1, -0.05) is 23.7 Å². The zero-order valence-electron chi connectivity index (χ0n) is 6.02. The van der Waals surface area contributed by atoms with Crippen LogP contribution in [0.1, 0.15) is 5.56 Å². The number of rotatable bonds is 0. The predicted molar refractivity (Wildman–Crippen MR) is 35.6 cm³/mol. The number of hydrogen-bond acceptors (Lipinski definition) is 1. The third-order valence-electron chi connectivity index (χ3n) is 1.22. The molecule has 0 radical (unpaired) electrons. The molecule has 0 saturated heterocycles. The fourth-order valence-corrected chi connectivity index (χ4v) is 0.754. The van der Waals surface area contributed by atoms with Crippen molar-refractivity contribution in [2.75, 3.05) is 0 Å². The smallest absolute Gasteiger partial charge is 0.872 e. The second-order valence-electron chi connectivity index (χ2n) is 1.86. The van der Waals surface area contributed by atoms with Crippen LogP contribution in [0.25, 0.3) is 0 Å². The molecular weight excluding hydrogens is 159 g/mol. The first-order chi connectivity index (χ1) is 4.22. The summed E-state index contributed by atoms with van der Waals surface area (Å²) in [4.78, 5) is 0. The van der Waals surface area contributed by atoms with E-state index in [1.807, 2.05) is 0 Å². The van der Waals surface area contributed by atoms with E-state index in [9.17, 15) is 5.11 Å². The minimum absolute atomic E-state index is 0. The van der Waals surface area contributed by atoms with Crippen LogP contribution >= 0.6 is 11.6 Å². The number of hydrogen-bond donors (Lipinski definition) is 0. The molecule has 1 aromatic carbocycles. The zero-order chi connectivity index (χ0) is 6.85. The van der Waals surface area contributed by atoms with E-state index in [1.165, 1.54) is 6.07 Å². The van der Waals surface area contributed by atoms with Gasteiger partial charge in [-0.15, -0.1) is 5.75 Å². The Morgan fingerprint density at radius 3 is 2.40 bits per heavy atom. The van der Waals surface area contributed by atoms with Gasteiger partial charge in [0.2, 0.25) is 0 Å². The minimum atomic E-state index is 0. The van der Waals surface area contributed by atoms with Crippen molar-refractivity contribution in [1.82, 2.24) is 0 Å². The fourth-order valence-electron chi connectivity index (χ4n) is 0.588. The standard InChI is InChI=1S/C7H7ClO.Na/c1-5-6(8)3-2-4-7(5)9;/h2-4,9H,1H3;/q;+1/p-1. The van der Waals surface area contributed by atoms with E-state index in [0.717, 1.165) is 0 Å². The van der Waals surface area contributed by atoms with Crippen LogP contribution < -0.4 is 34.7 Å². The molecule has 0 aliphatic heterocycles. The first kappa shape index (κ1) is 10.3. The molecule has 0 amide bonds. The summed E-state index contributed by atoms with van der Waals surface area (Å²) in [6, 6.07) is 4.86. The molecule has 0 fully saturated rings. The average Bonchev–Trinajstić information content (AvgIpc) is 1.83. The van der Waals surface area contributed by atoms with E-state index in [0.29, 0.717) is 10.6 Å². The van der Waals surface area contributed by atoms with Crippen molar-refractivity contribution in [3.8, 4) is 5.75 Å². The summed E-state index contributed by atoms with van der Waals surface area (Å²) in [5, 5.41) is 11.3. The van der Waals surface area contributed by atoms with Crippen LogP contribution in [0.4, 0.5) is 0 Å². The molecule has 0 N–H and O–H groups in total. The van der Waals surface area contributed by atoms with Crippen molar-refractivity contribution in [2.45, 2.75) is 6.92 Å². The molecule has 0 aliphatic carbocycles. The Balaban J connectivity index is 0.000000810. The summed E-state index contributed by atoms with van der Waals surface area (Å²) in [6.07, 6.45) is 0. The Kier molecular flexibility index (Phi) is 4.37. The van der Waals surface area contributed by atoms with Crippen molar-refractivity contribution >= 4 is 11.6 Å². The van der Waals surface area contributed by atoms with Crippen LogP contribution in [-0.4, -0.2) is 0 Å². The van der Waals surface area contributed by atoms with E-state index < -0.39 is 0 Å². The fraction of sp³-hybridized carbons (Fsp3) is 0.143. The molecule has 0 bridgehead atoms. The maximum Gasteiger partial charge on any atom is 1.00 e. The molecule has 48 valence electrons. The molecule has 10 heavy (non-hydrogen) atoms. The van der Waals surface area contributed by atoms with Gasteiger partial charge in [-0.25, -0.2) is 0 Å². The van der Waals surface area contributed by atoms with E-state index in [2.05, 4.69) is 0 Å². The Hall–Kier alpha value is 0.310. The van der Waals surface area contributed by atoms with Crippen LogP contribution in [0.2, 0.25) is 5.02 Å². The summed E-state index contributed by atoms with van der Waals surface area (Å²) in [5.74, 6) is 0.00231. The monoisotopic (exact) mass is 164 g/mol. The Bertz CT molecular complexity index is 205. The maximum atomic E-state index is 10.8. The minimum Gasteiger partial charge on any atom is -0.872 e. The quantitative estimate of drug-likeness (QED) is 0.439. The normalized spacial score (nSPS) is 8.60. The molecule has 0 saturated carbocycles. The second-order valence-corrected chi connectivity index (χ2v) is 2.27. The van der Waals surface area contributed by atoms with Gasteiger partial charge in [0.1, 0.15) is 0 Å². The molecule has 1 aromatic rings. The van der Waals surface area contributed by atoms with Crippen molar-refractivity contribution in [2.24, 2.45) is 0 Å². The largest absolute Gasteiger partial charge is 1.00 e. The molecule has 0 atom stereocenters. The van der Waals surface area contributed by atoms with Crippen LogP contribution in [0, 0.1) is 6.92 Å². The SMILES string of the molecule is Cc1c([O-])cccc1Cl.[Na+]. The van der Waals surface area contributed by atoms with Gasteiger partial charge >= 0.3 is 29.6 Å². The van der Waals surface area contributed by atoms with Crippen molar-refractivity contribution in [3.63, 3.8) is 0 Å². The molecule has 0 unspecified atom stereocenters. The van der Waals surface area contributed by atoms with E-state index >= 15 is 0 Å². The third-order valence-corrected chi connectivity index (χ3v) is 1.63. The van der Waals surface area contributed by atoms with Crippen molar-refractivity contribution in [3.05, 3.63) is 28.8 Å². The molecule has 1 nitrogen and oxygen atoms in total. The van der Waals surface area contributed by atoms with Gasteiger partial charge in [0.05, 0.1) is 0 Å². The summed E-state index contributed by atoms with van der Waals surface area (Å²) >= 11 is 5.61. The summed E-state index contributed by atoms with van der Waals surface area (Å²) in [5.41, 5.74) is 0.624. The molecule has 0 spiro atoms. The van der Waals surface area contributed by atoms with E-state index in [-0.39, 0.29) is 35.3 Å². The second kappa shape index (κ2) is 4.24. The first-order valence-corrected chi connectivity index (χ1v) is 3.02. The zero-order valence-corrected chi connectivity index (χ0v) is 8.77. The molecule has 1 rings (SSSR count). The number of benzene rings is 1. The van der Waals surface area contributed by atoms with Crippen molar-refractivity contribution < 1.29 is 34.7 Å². The Morgan fingerprint density at radius 2 is 2.00 bits per heavy atom. The van der Waals surface area contributed by atoms with Gasteiger partial charge < -0.3 is 5.11 Å². The van der Waals surface area contributed by atoms with Crippen LogP contribution in [0.3, 0.4) is 0 Å². The van der Waals surface area contributed by atoms with Gasteiger partial charge in [0.25, 0.3) is 0 Å². The van der Waals surface area contributed by atoms with Crippen molar-refractivity contribution in [1.29, 1.82) is 0 Å². The van der Waals surface area contributed by atoms with Crippen LogP contribution in [-0.2, 0) is 0 Å². The molecular formula is C7H6ClNaO. The third kappa shape index (κ3) is 2.17. The summed E-state index contributed by atoms with van der Waals surface area (Å²) in [7, 11) is 0. The van der Waals surface area contributed by atoms with E-state index in [4.69, 9.17) is 11.6 Å².